The Hall–Kier alpha value is -1.63. The highest BCUT2D eigenvalue weighted by Crippen LogP contribution is 2.03. The summed E-state index contributed by atoms with van der Waals surface area (Å²) in [6.45, 7) is 4.71. The number of hydrogen-bond acceptors (Lipinski definition) is 5. The van der Waals surface area contributed by atoms with Crippen LogP contribution in [-0.4, -0.2) is 40.3 Å². The second-order valence-corrected chi connectivity index (χ2v) is 3.62. The van der Waals surface area contributed by atoms with Gasteiger partial charge in [0.15, 0.2) is 0 Å². The summed E-state index contributed by atoms with van der Waals surface area (Å²) in [4.78, 5) is 10.8. The maximum absolute atomic E-state index is 10.8. The van der Waals surface area contributed by atoms with Gasteiger partial charge in [0.25, 0.3) is 0 Å². The molecule has 0 saturated carbocycles. The number of aromatic nitrogens is 3. The van der Waals surface area contributed by atoms with Gasteiger partial charge in [-0.25, -0.2) is 9.48 Å². The third kappa shape index (κ3) is 2.69. The van der Waals surface area contributed by atoms with Crippen molar-refractivity contribution in [3.05, 3.63) is 11.9 Å². The molecule has 0 spiro atoms. The van der Waals surface area contributed by atoms with Gasteiger partial charge in [-0.15, -0.1) is 5.10 Å². The van der Waals surface area contributed by atoms with Crippen molar-refractivity contribution in [1.82, 2.24) is 25.6 Å². The number of nitrogens with one attached hydrogen (secondary N) is 2. The first-order valence-electron chi connectivity index (χ1n) is 5.32. The number of carbonyl (C=O) groups excluding carboxylic acids is 1. The van der Waals surface area contributed by atoms with Crippen molar-refractivity contribution >= 4 is 6.09 Å². The first-order chi connectivity index (χ1) is 7.78. The molecular weight excluding hydrogens is 210 g/mol. The van der Waals surface area contributed by atoms with E-state index in [1.165, 1.54) is 0 Å². The largest absolute Gasteiger partial charge is 0.442 e. The number of rotatable bonds is 5. The molecule has 1 atom stereocenters. The summed E-state index contributed by atoms with van der Waals surface area (Å²) in [7, 11) is 0. The van der Waals surface area contributed by atoms with Crippen LogP contribution < -0.4 is 10.6 Å². The fourth-order valence-electron chi connectivity index (χ4n) is 1.50. The van der Waals surface area contributed by atoms with Gasteiger partial charge in [0.05, 0.1) is 18.8 Å². The Balaban J connectivity index is 1.85. The van der Waals surface area contributed by atoms with E-state index in [-0.39, 0.29) is 12.2 Å². The van der Waals surface area contributed by atoms with E-state index < -0.39 is 0 Å². The summed E-state index contributed by atoms with van der Waals surface area (Å²) < 4.78 is 6.69. The molecule has 1 aromatic rings. The summed E-state index contributed by atoms with van der Waals surface area (Å²) in [5.74, 6) is 0. The number of nitrogens with zero attached hydrogens (tertiary/aromatic N) is 3. The minimum Gasteiger partial charge on any atom is -0.442 e. The van der Waals surface area contributed by atoms with Gasteiger partial charge < -0.3 is 15.4 Å². The highest BCUT2D eigenvalue weighted by molar-refractivity contribution is 5.69. The zero-order chi connectivity index (χ0) is 11.4. The van der Waals surface area contributed by atoms with Crippen LogP contribution >= 0.6 is 0 Å². The number of carbonyl (C=O) groups is 1. The minimum absolute atomic E-state index is 0.152. The number of alkyl carbamates (subject to hydrolysis) is 1. The van der Waals surface area contributed by atoms with Gasteiger partial charge >= 0.3 is 6.09 Å². The molecule has 1 fully saturated rings. The summed E-state index contributed by atoms with van der Waals surface area (Å²) in [5, 5.41) is 13.7. The summed E-state index contributed by atoms with van der Waals surface area (Å²) >= 11 is 0. The first kappa shape index (κ1) is 10.9. The van der Waals surface area contributed by atoms with Gasteiger partial charge in [0, 0.05) is 12.7 Å². The van der Waals surface area contributed by atoms with Crippen LogP contribution in [0.5, 0.6) is 0 Å². The number of hydrogen-bond donors (Lipinski definition) is 2. The minimum atomic E-state index is -0.363. The van der Waals surface area contributed by atoms with Gasteiger partial charge in [0.2, 0.25) is 0 Å². The standard InChI is InChI=1S/C9H15N5O2/c1-2-10-3-7-5-14(13-12-7)6-8-4-11-9(15)16-8/h5,8,10H,2-4,6H2,1H3,(H,11,15). The van der Waals surface area contributed by atoms with Crippen molar-refractivity contribution in [3.8, 4) is 0 Å². The molecule has 0 aromatic carbocycles. The van der Waals surface area contributed by atoms with E-state index in [2.05, 4.69) is 20.9 Å². The lowest BCUT2D eigenvalue weighted by atomic mass is 10.3. The highest BCUT2D eigenvalue weighted by atomic mass is 16.6. The highest BCUT2D eigenvalue weighted by Gasteiger charge is 2.23. The van der Waals surface area contributed by atoms with Crippen molar-refractivity contribution in [2.24, 2.45) is 0 Å². The molecule has 1 saturated heterocycles. The molecule has 88 valence electrons. The molecule has 0 aliphatic carbocycles. The molecule has 16 heavy (non-hydrogen) atoms. The van der Waals surface area contributed by atoms with Gasteiger partial charge in [-0.2, -0.15) is 0 Å². The van der Waals surface area contributed by atoms with E-state index in [0.29, 0.717) is 19.6 Å². The Morgan fingerprint density at radius 1 is 1.75 bits per heavy atom. The molecule has 1 amide bonds. The van der Waals surface area contributed by atoms with E-state index >= 15 is 0 Å². The molecule has 0 bridgehead atoms. The van der Waals surface area contributed by atoms with Gasteiger partial charge in [-0.1, -0.05) is 12.1 Å². The molecular formula is C9H15N5O2. The molecule has 1 aromatic heterocycles. The molecule has 1 unspecified atom stereocenters. The van der Waals surface area contributed by atoms with Crippen molar-refractivity contribution in [3.63, 3.8) is 0 Å². The Labute approximate surface area is 93.2 Å². The van der Waals surface area contributed by atoms with E-state index in [1.807, 2.05) is 13.1 Å². The molecule has 2 rings (SSSR count). The summed E-state index contributed by atoms with van der Waals surface area (Å²) in [5.41, 5.74) is 0.888. The lowest BCUT2D eigenvalue weighted by Crippen LogP contribution is -2.20. The number of amides is 1. The van der Waals surface area contributed by atoms with Crippen molar-refractivity contribution < 1.29 is 9.53 Å². The van der Waals surface area contributed by atoms with E-state index in [4.69, 9.17) is 4.74 Å². The van der Waals surface area contributed by atoms with Crippen LogP contribution in [0.15, 0.2) is 6.20 Å². The zero-order valence-electron chi connectivity index (χ0n) is 9.14. The van der Waals surface area contributed by atoms with Crippen LogP contribution in [0, 0.1) is 0 Å². The molecule has 7 heteroatoms. The second-order valence-electron chi connectivity index (χ2n) is 3.62. The fourth-order valence-corrected chi connectivity index (χ4v) is 1.50. The van der Waals surface area contributed by atoms with Crippen LogP contribution in [0.2, 0.25) is 0 Å². The predicted octanol–water partition coefficient (Wildman–Crippen LogP) is -0.504. The van der Waals surface area contributed by atoms with Crippen molar-refractivity contribution in [2.75, 3.05) is 13.1 Å². The van der Waals surface area contributed by atoms with E-state index in [0.717, 1.165) is 12.2 Å². The molecule has 1 aliphatic heterocycles. The van der Waals surface area contributed by atoms with Crippen molar-refractivity contribution in [1.29, 1.82) is 0 Å². The maximum Gasteiger partial charge on any atom is 0.407 e. The quantitative estimate of drug-likeness (QED) is 0.705. The molecule has 0 radical (unpaired) electrons. The van der Waals surface area contributed by atoms with Crippen LogP contribution in [-0.2, 0) is 17.8 Å². The third-order valence-electron chi connectivity index (χ3n) is 2.28. The average molecular weight is 225 g/mol. The van der Waals surface area contributed by atoms with Gasteiger partial charge in [-0.05, 0) is 6.54 Å². The SMILES string of the molecule is CCNCc1cn(CC2CNC(=O)O2)nn1. The monoisotopic (exact) mass is 225 g/mol. The lowest BCUT2D eigenvalue weighted by Gasteiger charge is -2.05. The maximum atomic E-state index is 10.8. The Bertz CT molecular complexity index is 365. The van der Waals surface area contributed by atoms with Crippen molar-refractivity contribution in [2.45, 2.75) is 26.1 Å². The van der Waals surface area contributed by atoms with Gasteiger partial charge in [-0.3, -0.25) is 0 Å². The van der Waals surface area contributed by atoms with Gasteiger partial charge in [0.1, 0.15) is 6.10 Å². The predicted molar refractivity (Wildman–Crippen MR) is 55.7 cm³/mol. The molecule has 2 N–H and O–H groups in total. The smallest absolute Gasteiger partial charge is 0.407 e. The Morgan fingerprint density at radius 3 is 3.31 bits per heavy atom. The number of cyclic esters (lactones) is 1. The fraction of sp³-hybridized carbons (Fsp3) is 0.667. The Morgan fingerprint density at radius 2 is 2.62 bits per heavy atom. The summed E-state index contributed by atoms with van der Waals surface area (Å²) in [6.07, 6.45) is 1.34. The summed E-state index contributed by atoms with van der Waals surface area (Å²) in [6, 6.07) is 0. The zero-order valence-corrected chi connectivity index (χ0v) is 9.14. The number of ether oxygens (including phenoxy) is 1. The first-order valence-corrected chi connectivity index (χ1v) is 5.32. The second kappa shape index (κ2) is 4.93. The molecule has 2 heterocycles. The average Bonchev–Trinajstić information content (AvgIpc) is 2.86. The van der Waals surface area contributed by atoms with Crippen LogP contribution in [0.1, 0.15) is 12.6 Å². The van der Waals surface area contributed by atoms with E-state index in [9.17, 15) is 4.79 Å². The molecule has 7 nitrogen and oxygen atoms in total. The molecule has 1 aliphatic rings. The van der Waals surface area contributed by atoms with E-state index in [1.54, 1.807) is 4.68 Å². The van der Waals surface area contributed by atoms with Crippen LogP contribution in [0.4, 0.5) is 4.79 Å². The normalized spacial score (nSPS) is 19.6. The third-order valence-corrected chi connectivity index (χ3v) is 2.28. The van der Waals surface area contributed by atoms with Crippen LogP contribution in [0.25, 0.3) is 0 Å². The topological polar surface area (TPSA) is 81.1 Å². The lowest BCUT2D eigenvalue weighted by molar-refractivity contribution is 0.128. The van der Waals surface area contributed by atoms with Crippen LogP contribution in [0.3, 0.4) is 0 Å². The Kier molecular flexibility index (Phi) is 3.35.